The van der Waals surface area contributed by atoms with E-state index in [1.165, 1.54) is 0 Å². The molecule has 1 heterocycles. The van der Waals surface area contributed by atoms with Gasteiger partial charge in [0.15, 0.2) is 0 Å². The van der Waals surface area contributed by atoms with Gasteiger partial charge in [0, 0.05) is 12.6 Å². The molecule has 4 heteroatoms. The molecule has 0 saturated carbocycles. The molecule has 18 heavy (non-hydrogen) atoms. The van der Waals surface area contributed by atoms with E-state index in [1.807, 2.05) is 6.92 Å². The Kier molecular flexibility index (Phi) is 5.60. The molecule has 1 fully saturated rings. The second-order valence-electron chi connectivity index (χ2n) is 6.07. The van der Waals surface area contributed by atoms with E-state index in [1.54, 1.807) is 0 Å². The van der Waals surface area contributed by atoms with Gasteiger partial charge in [0.1, 0.15) is 0 Å². The zero-order valence-corrected chi connectivity index (χ0v) is 12.3. The van der Waals surface area contributed by atoms with Crippen molar-refractivity contribution in [2.45, 2.75) is 45.6 Å². The molecular weight excluding hydrogens is 228 g/mol. The van der Waals surface area contributed by atoms with E-state index < -0.39 is 11.4 Å². The van der Waals surface area contributed by atoms with E-state index in [0.717, 1.165) is 38.8 Å². The topological polar surface area (TPSA) is 43.8 Å². The number of hydrogen-bond acceptors (Lipinski definition) is 3. The summed E-state index contributed by atoms with van der Waals surface area (Å²) in [6.45, 7) is 6.82. The SMILES string of the molecule is CCCC(C)(CN(C)C1CCN(C)CC1)C(=O)O. The predicted octanol–water partition coefficient (Wildman–Crippen LogP) is 1.90. The van der Waals surface area contributed by atoms with Gasteiger partial charge in [-0.15, -0.1) is 0 Å². The molecule has 106 valence electrons. The van der Waals surface area contributed by atoms with Crippen LogP contribution in [-0.4, -0.2) is 60.6 Å². The number of carboxylic acid groups (broad SMARTS) is 1. The molecule has 0 aromatic carbocycles. The molecule has 1 N–H and O–H groups in total. The summed E-state index contributed by atoms with van der Waals surface area (Å²) in [5.74, 6) is -0.663. The van der Waals surface area contributed by atoms with Gasteiger partial charge < -0.3 is 14.9 Å². The van der Waals surface area contributed by atoms with Gasteiger partial charge >= 0.3 is 5.97 Å². The van der Waals surface area contributed by atoms with Crippen LogP contribution in [0.25, 0.3) is 0 Å². The number of hydrogen-bond donors (Lipinski definition) is 1. The second-order valence-corrected chi connectivity index (χ2v) is 6.07. The van der Waals surface area contributed by atoms with E-state index in [9.17, 15) is 9.90 Å². The minimum atomic E-state index is -0.663. The fourth-order valence-electron chi connectivity index (χ4n) is 2.92. The van der Waals surface area contributed by atoms with Gasteiger partial charge in [0.2, 0.25) is 0 Å². The highest BCUT2D eigenvalue weighted by Gasteiger charge is 2.35. The van der Waals surface area contributed by atoms with Crippen LogP contribution in [0.15, 0.2) is 0 Å². The zero-order valence-electron chi connectivity index (χ0n) is 12.3. The fourth-order valence-corrected chi connectivity index (χ4v) is 2.92. The molecule has 4 nitrogen and oxygen atoms in total. The molecule has 0 aromatic heterocycles. The van der Waals surface area contributed by atoms with Gasteiger partial charge in [0.05, 0.1) is 5.41 Å². The van der Waals surface area contributed by atoms with Crippen LogP contribution in [-0.2, 0) is 4.79 Å². The summed E-state index contributed by atoms with van der Waals surface area (Å²) in [4.78, 5) is 16.0. The van der Waals surface area contributed by atoms with Crippen molar-refractivity contribution in [3.8, 4) is 0 Å². The molecule has 1 aliphatic heterocycles. The van der Waals surface area contributed by atoms with E-state index in [0.29, 0.717) is 12.6 Å². The Morgan fingerprint density at radius 2 is 2.00 bits per heavy atom. The average Bonchev–Trinajstić information content (AvgIpc) is 2.29. The molecule has 1 atom stereocenters. The average molecular weight is 256 g/mol. The van der Waals surface area contributed by atoms with Crippen LogP contribution >= 0.6 is 0 Å². The molecule has 1 unspecified atom stereocenters. The lowest BCUT2D eigenvalue weighted by molar-refractivity contribution is -0.149. The van der Waals surface area contributed by atoms with Gasteiger partial charge in [0.25, 0.3) is 0 Å². The lowest BCUT2D eigenvalue weighted by Crippen LogP contribution is -2.47. The van der Waals surface area contributed by atoms with Gasteiger partial charge in [-0.25, -0.2) is 0 Å². The first-order chi connectivity index (χ1) is 8.39. The Bertz CT molecular complexity index is 275. The van der Waals surface area contributed by atoms with Crippen LogP contribution in [0.2, 0.25) is 0 Å². The third-order valence-corrected chi connectivity index (χ3v) is 4.23. The Morgan fingerprint density at radius 3 is 2.44 bits per heavy atom. The van der Waals surface area contributed by atoms with E-state index in [-0.39, 0.29) is 0 Å². The Balaban J connectivity index is 2.56. The van der Waals surface area contributed by atoms with Crippen LogP contribution in [0.3, 0.4) is 0 Å². The molecule has 0 bridgehead atoms. The van der Waals surface area contributed by atoms with Crippen LogP contribution in [0.4, 0.5) is 0 Å². The molecule has 1 saturated heterocycles. The molecule has 0 amide bonds. The molecule has 0 aromatic rings. The number of carbonyl (C=O) groups is 1. The number of rotatable bonds is 6. The van der Waals surface area contributed by atoms with E-state index in [4.69, 9.17) is 0 Å². The zero-order chi connectivity index (χ0) is 13.8. The highest BCUT2D eigenvalue weighted by Crippen LogP contribution is 2.27. The maximum atomic E-state index is 11.4. The summed E-state index contributed by atoms with van der Waals surface area (Å²) < 4.78 is 0. The summed E-state index contributed by atoms with van der Waals surface area (Å²) in [7, 11) is 4.22. The van der Waals surface area contributed by atoms with E-state index >= 15 is 0 Å². The van der Waals surface area contributed by atoms with Crippen LogP contribution in [0, 0.1) is 5.41 Å². The number of likely N-dealkylation sites (tertiary alicyclic amines) is 1. The van der Waals surface area contributed by atoms with Crippen LogP contribution < -0.4 is 0 Å². The minimum Gasteiger partial charge on any atom is -0.481 e. The number of piperidine rings is 1. The van der Waals surface area contributed by atoms with Crippen molar-refractivity contribution >= 4 is 5.97 Å². The standard InChI is InChI=1S/C14H28N2O2/c1-5-8-14(2,13(17)18)11-16(4)12-6-9-15(3)10-7-12/h12H,5-11H2,1-4H3,(H,17,18). The first kappa shape index (κ1) is 15.4. The second kappa shape index (κ2) is 6.53. The first-order valence-electron chi connectivity index (χ1n) is 7.01. The van der Waals surface area contributed by atoms with Crippen molar-refractivity contribution in [1.82, 2.24) is 9.80 Å². The number of aliphatic carboxylic acids is 1. The molecule has 0 aliphatic carbocycles. The van der Waals surface area contributed by atoms with Crippen LogP contribution in [0.5, 0.6) is 0 Å². The predicted molar refractivity (Wildman–Crippen MR) is 73.8 cm³/mol. The lowest BCUT2D eigenvalue weighted by atomic mass is 9.84. The highest BCUT2D eigenvalue weighted by molar-refractivity contribution is 5.74. The Morgan fingerprint density at radius 1 is 1.44 bits per heavy atom. The molecule has 0 spiro atoms. The van der Waals surface area contributed by atoms with Crippen molar-refractivity contribution < 1.29 is 9.90 Å². The fraction of sp³-hybridized carbons (Fsp3) is 0.929. The van der Waals surface area contributed by atoms with Gasteiger partial charge in [-0.2, -0.15) is 0 Å². The van der Waals surface area contributed by atoms with Crippen molar-refractivity contribution in [3.05, 3.63) is 0 Å². The van der Waals surface area contributed by atoms with Crippen molar-refractivity contribution in [2.75, 3.05) is 33.7 Å². The highest BCUT2D eigenvalue weighted by atomic mass is 16.4. The summed E-state index contributed by atoms with van der Waals surface area (Å²) >= 11 is 0. The lowest BCUT2D eigenvalue weighted by Gasteiger charge is -2.38. The van der Waals surface area contributed by atoms with Crippen molar-refractivity contribution in [1.29, 1.82) is 0 Å². The summed E-state index contributed by atoms with van der Waals surface area (Å²) in [6, 6.07) is 0.539. The smallest absolute Gasteiger partial charge is 0.310 e. The van der Waals surface area contributed by atoms with Gasteiger partial charge in [-0.3, -0.25) is 4.79 Å². The first-order valence-corrected chi connectivity index (χ1v) is 7.01. The molecule has 0 radical (unpaired) electrons. The largest absolute Gasteiger partial charge is 0.481 e. The summed E-state index contributed by atoms with van der Waals surface area (Å²) in [5, 5.41) is 9.42. The molecular formula is C14H28N2O2. The molecule has 1 rings (SSSR count). The maximum absolute atomic E-state index is 11.4. The van der Waals surface area contributed by atoms with Crippen LogP contribution in [0.1, 0.15) is 39.5 Å². The van der Waals surface area contributed by atoms with Gasteiger partial charge in [-0.05, 0) is 53.4 Å². The van der Waals surface area contributed by atoms with Gasteiger partial charge in [-0.1, -0.05) is 13.3 Å². The molecule has 1 aliphatic rings. The number of nitrogens with zero attached hydrogens (tertiary/aromatic N) is 2. The van der Waals surface area contributed by atoms with Crippen molar-refractivity contribution in [3.63, 3.8) is 0 Å². The quantitative estimate of drug-likeness (QED) is 0.788. The normalized spacial score (nSPS) is 22.1. The third kappa shape index (κ3) is 3.95. The summed E-state index contributed by atoms with van der Waals surface area (Å²) in [6.07, 6.45) is 3.97. The minimum absolute atomic E-state index is 0.539. The number of carboxylic acids is 1. The van der Waals surface area contributed by atoms with Crippen molar-refractivity contribution in [2.24, 2.45) is 5.41 Å². The van der Waals surface area contributed by atoms with E-state index in [2.05, 4.69) is 30.8 Å². The third-order valence-electron chi connectivity index (χ3n) is 4.23. The Hall–Kier alpha value is -0.610. The monoisotopic (exact) mass is 256 g/mol. The maximum Gasteiger partial charge on any atom is 0.310 e. The summed E-state index contributed by atoms with van der Waals surface area (Å²) in [5.41, 5.74) is -0.604. The Labute approximate surface area is 111 Å².